The summed E-state index contributed by atoms with van der Waals surface area (Å²) < 4.78 is 16.7. The van der Waals surface area contributed by atoms with Crippen LogP contribution >= 0.6 is 0 Å². The van der Waals surface area contributed by atoms with Crippen LogP contribution in [0.3, 0.4) is 0 Å². The average Bonchev–Trinajstić information content (AvgIpc) is 3.08. The summed E-state index contributed by atoms with van der Waals surface area (Å²) in [5.74, 6) is 0.300. The maximum absolute atomic E-state index is 13.2. The van der Waals surface area contributed by atoms with E-state index >= 15 is 0 Å². The Morgan fingerprint density at radius 2 is 1.70 bits per heavy atom. The van der Waals surface area contributed by atoms with E-state index in [0.29, 0.717) is 56.3 Å². The molecule has 2 heterocycles. The van der Waals surface area contributed by atoms with Gasteiger partial charge in [0, 0.05) is 38.2 Å². The minimum Gasteiger partial charge on any atom is -0.490 e. The van der Waals surface area contributed by atoms with Gasteiger partial charge in [0.25, 0.3) is 5.91 Å². The summed E-state index contributed by atoms with van der Waals surface area (Å²) in [5, 5.41) is 2.74. The third kappa shape index (κ3) is 5.10. The number of fused-ring (bicyclic) bond motifs is 1. The van der Waals surface area contributed by atoms with E-state index in [1.54, 1.807) is 23.1 Å². The fourth-order valence-corrected chi connectivity index (χ4v) is 4.28. The molecule has 4 rings (SSSR count). The molecule has 1 saturated heterocycles. The predicted molar refractivity (Wildman–Crippen MR) is 121 cm³/mol. The number of piperidine rings is 1. The molecule has 174 valence electrons. The Hall–Kier alpha value is -3.55. The number of ether oxygens (including phenoxy) is 3. The van der Waals surface area contributed by atoms with Gasteiger partial charge in [-0.1, -0.05) is 30.3 Å². The van der Waals surface area contributed by atoms with Crippen molar-refractivity contribution in [2.24, 2.45) is 0 Å². The van der Waals surface area contributed by atoms with Gasteiger partial charge < -0.3 is 24.4 Å². The number of esters is 1. The van der Waals surface area contributed by atoms with Crippen LogP contribution in [0.5, 0.6) is 11.5 Å². The molecule has 0 unspecified atom stereocenters. The van der Waals surface area contributed by atoms with Gasteiger partial charge >= 0.3 is 5.97 Å². The summed E-state index contributed by atoms with van der Waals surface area (Å²) in [4.78, 5) is 39.2. The topological polar surface area (TPSA) is 94.2 Å². The summed E-state index contributed by atoms with van der Waals surface area (Å²) >= 11 is 0. The zero-order valence-electron chi connectivity index (χ0n) is 18.7. The van der Waals surface area contributed by atoms with Gasteiger partial charge in [0.05, 0.1) is 18.6 Å². The van der Waals surface area contributed by atoms with Gasteiger partial charge in [0.1, 0.15) is 0 Å². The molecule has 33 heavy (non-hydrogen) atoms. The van der Waals surface area contributed by atoms with Crippen LogP contribution in [0, 0.1) is 0 Å². The molecular formula is C25H28N2O6. The van der Waals surface area contributed by atoms with Crippen LogP contribution in [-0.2, 0) is 24.5 Å². The molecular weight excluding hydrogens is 424 g/mol. The number of hydrogen-bond donors (Lipinski definition) is 1. The zero-order valence-corrected chi connectivity index (χ0v) is 18.7. The Labute approximate surface area is 192 Å². The van der Waals surface area contributed by atoms with Crippen molar-refractivity contribution in [1.82, 2.24) is 4.90 Å². The summed E-state index contributed by atoms with van der Waals surface area (Å²) in [5.41, 5.74) is 0.484. The number of hydrogen-bond acceptors (Lipinski definition) is 6. The van der Waals surface area contributed by atoms with Crippen molar-refractivity contribution in [2.45, 2.75) is 31.6 Å². The quantitative estimate of drug-likeness (QED) is 0.701. The number of likely N-dealkylation sites (tertiary alicyclic amines) is 1. The Balaban J connectivity index is 1.41. The number of carbonyl (C=O) groups excluding carboxylic acids is 3. The van der Waals surface area contributed by atoms with E-state index < -0.39 is 23.9 Å². The van der Waals surface area contributed by atoms with E-state index in [-0.39, 0.29) is 5.91 Å². The fourth-order valence-electron chi connectivity index (χ4n) is 4.28. The van der Waals surface area contributed by atoms with Crippen LogP contribution in [0.2, 0.25) is 0 Å². The third-order valence-corrected chi connectivity index (χ3v) is 6.15. The summed E-state index contributed by atoms with van der Waals surface area (Å²) in [6, 6.07) is 14.6. The molecule has 2 aromatic rings. The van der Waals surface area contributed by atoms with Crippen LogP contribution in [0.4, 0.5) is 5.69 Å². The number of amides is 2. The Morgan fingerprint density at radius 1 is 1.00 bits per heavy atom. The maximum atomic E-state index is 13.2. The maximum Gasteiger partial charge on any atom is 0.317 e. The van der Waals surface area contributed by atoms with E-state index in [2.05, 4.69) is 5.32 Å². The second kappa shape index (κ2) is 9.94. The van der Waals surface area contributed by atoms with Gasteiger partial charge in [-0.05, 0) is 30.5 Å². The first-order valence-corrected chi connectivity index (χ1v) is 11.2. The van der Waals surface area contributed by atoms with Gasteiger partial charge in [-0.2, -0.15) is 0 Å². The second-order valence-electron chi connectivity index (χ2n) is 8.29. The van der Waals surface area contributed by atoms with Gasteiger partial charge in [-0.15, -0.1) is 0 Å². The Kier molecular flexibility index (Phi) is 6.82. The first-order chi connectivity index (χ1) is 16.0. The number of nitrogens with one attached hydrogen (secondary N) is 1. The highest BCUT2D eigenvalue weighted by molar-refractivity contribution is 5.94. The lowest BCUT2D eigenvalue weighted by molar-refractivity contribution is -0.156. The largest absolute Gasteiger partial charge is 0.490 e. The molecule has 0 spiro atoms. The summed E-state index contributed by atoms with van der Waals surface area (Å²) in [7, 11) is 0. The zero-order chi connectivity index (χ0) is 23.3. The van der Waals surface area contributed by atoms with Gasteiger partial charge in [0.15, 0.2) is 18.1 Å². The standard InChI is InChI=1S/C25H28N2O6/c1-18(28)27-12-10-25(11-13-27,19-6-3-2-4-7-19)24(30)33-17-23(29)26-20-8-9-21-22(16-20)32-15-5-14-31-21/h2-4,6-9,16H,5,10-15,17H2,1H3,(H,26,29). The minimum atomic E-state index is -0.886. The molecule has 0 atom stereocenters. The molecule has 0 aliphatic carbocycles. The first kappa shape index (κ1) is 22.6. The lowest BCUT2D eigenvalue weighted by Crippen LogP contribution is -2.49. The molecule has 1 N–H and O–H groups in total. The van der Waals surface area contributed by atoms with Crippen molar-refractivity contribution in [3.05, 3.63) is 54.1 Å². The predicted octanol–water partition coefficient (Wildman–Crippen LogP) is 2.91. The molecule has 2 aliphatic heterocycles. The van der Waals surface area contributed by atoms with Crippen molar-refractivity contribution >= 4 is 23.5 Å². The highest BCUT2D eigenvalue weighted by Crippen LogP contribution is 2.37. The van der Waals surface area contributed by atoms with Gasteiger partial charge in [-0.3, -0.25) is 14.4 Å². The van der Waals surface area contributed by atoms with Gasteiger partial charge in [0.2, 0.25) is 5.91 Å². The molecule has 0 bridgehead atoms. The SMILES string of the molecule is CC(=O)N1CCC(C(=O)OCC(=O)Nc2ccc3c(c2)OCCCO3)(c2ccccc2)CC1. The number of carbonyl (C=O) groups is 3. The molecule has 0 radical (unpaired) electrons. The van der Waals surface area contributed by atoms with E-state index in [0.717, 1.165) is 12.0 Å². The molecule has 2 aromatic carbocycles. The highest BCUT2D eigenvalue weighted by atomic mass is 16.5. The molecule has 0 aromatic heterocycles. The van der Waals surface area contributed by atoms with Crippen LogP contribution < -0.4 is 14.8 Å². The van der Waals surface area contributed by atoms with E-state index in [1.807, 2.05) is 30.3 Å². The number of benzene rings is 2. The van der Waals surface area contributed by atoms with Crippen LogP contribution in [0.1, 0.15) is 31.7 Å². The summed E-state index contributed by atoms with van der Waals surface area (Å²) in [6.45, 7) is 3.17. The van der Waals surface area contributed by atoms with Crippen molar-refractivity contribution in [3.63, 3.8) is 0 Å². The van der Waals surface area contributed by atoms with E-state index in [9.17, 15) is 14.4 Å². The second-order valence-corrected chi connectivity index (χ2v) is 8.29. The molecule has 2 amide bonds. The number of nitrogens with zero attached hydrogens (tertiary/aromatic N) is 1. The van der Waals surface area contributed by atoms with Crippen LogP contribution in [-0.4, -0.2) is 55.6 Å². The number of anilines is 1. The smallest absolute Gasteiger partial charge is 0.317 e. The van der Waals surface area contributed by atoms with Gasteiger partial charge in [-0.25, -0.2) is 0 Å². The van der Waals surface area contributed by atoms with Crippen molar-refractivity contribution in [3.8, 4) is 11.5 Å². The van der Waals surface area contributed by atoms with Crippen LogP contribution in [0.25, 0.3) is 0 Å². The Bertz CT molecular complexity index is 1010. The lowest BCUT2D eigenvalue weighted by Gasteiger charge is -2.40. The van der Waals surface area contributed by atoms with Crippen molar-refractivity contribution < 1.29 is 28.6 Å². The Morgan fingerprint density at radius 3 is 2.39 bits per heavy atom. The monoisotopic (exact) mass is 452 g/mol. The molecule has 2 aliphatic rings. The average molecular weight is 453 g/mol. The highest BCUT2D eigenvalue weighted by Gasteiger charge is 2.44. The first-order valence-electron chi connectivity index (χ1n) is 11.2. The minimum absolute atomic E-state index is 0.0143. The number of rotatable bonds is 5. The third-order valence-electron chi connectivity index (χ3n) is 6.15. The van der Waals surface area contributed by atoms with Crippen molar-refractivity contribution in [2.75, 3.05) is 38.2 Å². The van der Waals surface area contributed by atoms with Crippen molar-refractivity contribution in [1.29, 1.82) is 0 Å². The molecule has 8 heteroatoms. The fraction of sp³-hybridized carbons (Fsp3) is 0.400. The molecule has 0 saturated carbocycles. The summed E-state index contributed by atoms with van der Waals surface area (Å²) in [6.07, 6.45) is 1.68. The lowest BCUT2D eigenvalue weighted by atomic mass is 9.72. The van der Waals surface area contributed by atoms with E-state index in [4.69, 9.17) is 14.2 Å². The molecule has 1 fully saturated rings. The van der Waals surface area contributed by atoms with E-state index in [1.165, 1.54) is 6.92 Å². The normalized spacial score (nSPS) is 16.9. The molecule has 8 nitrogen and oxygen atoms in total. The van der Waals surface area contributed by atoms with Crippen LogP contribution in [0.15, 0.2) is 48.5 Å².